The van der Waals surface area contributed by atoms with E-state index in [1.807, 2.05) is 0 Å². The van der Waals surface area contributed by atoms with Crippen LogP contribution in [0.5, 0.6) is 0 Å². The van der Waals surface area contributed by atoms with E-state index in [0.29, 0.717) is 22.1 Å². The zero-order chi connectivity index (χ0) is 18.7. The third-order valence-corrected chi connectivity index (χ3v) is 4.54. The summed E-state index contributed by atoms with van der Waals surface area (Å²) in [4.78, 5) is 11.7. The summed E-state index contributed by atoms with van der Waals surface area (Å²) in [6.45, 7) is 0. The predicted molar refractivity (Wildman–Crippen MR) is 97.7 cm³/mol. The number of anilines is 4. The van der Waals surface area contributed by atoms with E-state index in [1.165, 1.54) is 41.9 Å². The number of aromatic nitrogens is 3. The molecule has 0 bridgehead atoms. The lowest BCUT2D eigenvalue weighted by molar-refractivity contribution is 0.483. The highest BCUT2D eigenvalue weighted by Gasteiger charge is 2.17. The minimum absolute atomic E-state index is 0.225. The van der Waals surface area contributed by atoms with Crippen LogP contribution in [0.4, 0.5) is 23.0 Å². The molecule has 4 N–H and O–H groups in total. The highest BCUT2D eigenvalue weighted by atomic mass is 35.5. The van der Waals surface area contributed by atoms with E-state index in [4.69, 9.17) is 21.9 Å². The molecule has 26 heavy (non-hydrogen) atoms. The van der Waals surface area contributed by atoms with Gasteiger partial charge in [0, 0.05) is 0 Å². The van der Waals surface area contributed by atoms with Crippen molar-refractivity contribution < 1.29 is 13.0 Å². The summed E-state index contributed by atoms with van der Waals surface area (Å²) in [5, 5.41) is 1.83. The average molecular weight is 393 g/mol. The molecule has 0 atom stereocenters. The molecule has 0 radical (unpaired) electrons. The third kappa shape index (κ3) is 3.82. The van der Waals surface area contributed by atoms with Crippen molar-refractivity contribution in [2.45, 2.75) is 4.90 Å². The quantitative estimate of drug-likeness (QED) is 0.340. The van der Waals surface area contributed by atoms with E-state index in [-0.39, 0.29) is 10.8 Å². The van der Waals surface area contributed by atoms with E-state index >= 15 is 0 Å². The number of nitrogens with zero attached hydrogens (tertiary/aromatic N) is 4. The van der Waals surface area contributed by atoms with Crippen molar-refractivity contribution in [3.05, 3.63) is 60.1 Å². The van der Waals surface area contributed by atoms with E-state index in [0.717, 1.165) is 0 Å². The van der Waals surface area contributed by atoms with Crippen molar-refractivity contribution >= 4 is 44.7 Å². The summed E-state index contributed by atoms with van der Waals surface area (Å²) in [7, 11) is -4.28. The van der Waals surface area contributed by atoms with Crippen molar-refractivity contribution in [2.75, 3.05) is 16.2 Å². The van der Waals surface area contributed by atoms with Gasteiger partial charge in [-0.15, -0.1) is 0 Å². The van der Waals surface area contributed by atoms with Crippen LogP contribution in [-0.4, -0.2) is 27.9 Å². The molecule has 0 saturated carbocycles. The maximum Gasteiger partial charge on any atom is 0.294 e. The van der Waals surface area contributed by atoms with Crippen molar-refractivity contribution in [1.29, 1.82) is 0 Å². The number of rotatable bonds is 5. The fourth-order valence-electron chi connectivity index (χ4n) is 2.12. The topological polar surface area (TPSA) is 134 Å². The van der Waals surface area contributed by atoms with Crippen LogP contribution < -0.4 is 16.2 Å². The Labute approximate surface area is 154 Å². The largest absolute Gasteiger partial charge is 0.396 e. The summed E-state index contributed by atoms with van der Waals surface area (Å²) in [5.41, 5.74) is 10.4. The number of nitrogens with two attached hydrogens (primary N) is 1. The number of benzene rings is 2. The monoisotopic (exact) mass is 392 g/mol. The van der Waals surface area contributed by atoms with Crippen LogP contribution in [0.3, 0.4) is 0 Å². The van der Waals surface area contributed by atoms with Gasteiger partial charge in [0.1, 0.15) is 12.7 Å². The standard InChI is InChI=1S/C15H13ClN6O3S/c16-12-2-1-3-13(14(12)17)22(15-19-8-18-9-20-15)21-10-4-6-11(7-5-10)26(23,24)25/h1-9,21H,17H2,(H,23,24,25). The third-order valence-electron chi connectivity index (χ3n) is 3.34. The molecular formula is C15H13ClN6O3S. The molecule has 0 unspecified atom stereocenters. The maximum absolute atomic E-state index is 11.2. The number of hydrogen-bond acceptors (Lipinski definition) is 8. The fourth-order valence-corrected chi connectivity index (χ4v) is 2.77. The molecule has 11 heteroatoms. The smallest absolute Gasteiger partial charge is 0.294 e. The molecule has 0 spiro atoms. The number of nitrogen functional groups attached to an aromatic ring is 1. The minimum Gasteiger partial charge on any atom is -0.396 e. The van der Waals surface area contributed by atoms with E-state index in [9.17, 15) is 8.42 Å². The Kier molecular flexibility index (Phi) is 4.89. The molecule has 9 nitrogen and oxygen atoms in total. The molecule has 0 aliphatic heterocycles. The van der Waals surface area contributed by atoms with Gasteiger partial charge in [0.05, 0.1) is 27.0 Å². The van der Waals surface area contributed by atoms with E-state index < -0.39 is 10.1 Å². The first kappa shape index (κ1) is 17.9. The van der Waals surface area contributed by atoms with Gasteiger partial charge < -0.3 is 5.73 Å². The zero-order valence-corrected chi connectivity index (χ0v) is 14.7. The molecule has 0 aliphatic carbocycles. The van der Waals surface area contributed by atoms with Gasteiger partial charge in [0.2, 0.25) is 0 Å². The summed E-state index contributed by atoms with van der Waals surface area (Å²) >= 11 is 6.09. The van der Waals surface area contributed by atoms with Crippen molar-refractivity contribution in [3.8, 4) is 0 Å². The molecule has 2 aromatic carbocycles. The molecule has 1 aromatic heterocycles. The summed E-state index contributed by atoms with van der Waals surface area (Å²) in [6, 6.07) is 10.5. The summed E-state index contributed by atoms with van der Waals surface area (Å²) in [6.07, 6.45) is 2.64. The zero-order valence-electron chi connectivity index (χ0n) is 13.1. The molecule has 3 aromatic rings. The lowest BCUT2D eigenvalue weighted by atomic mass is 10.2. The van der Waals surface area contributed by atoms with Crippen LogP contribution in [0.2, 0.25) is 5.02 Å². The van der Waals surface area contributed by atoms with Gasteiger partial charge in [0.25, 0.3) is 16.1 Å². The molecule has 0 fully saturated rings. The van der Waals surface area contributed by atoms with Crippen LogP contribution in [0.1, 0.15) is 0 Å². The lowest BCUT2D eigenvalue weighted by Gasteiger charge is -2.25. The molecular weight excluding hydrogens is 380 g/mol. The Morgan fingerprint density at radius 3 is 2.35 bits per heavy atom. The number of halogens is 1. The Bertz CT molecular complexity index is 1020. The van der Waals surface area contributed by atoms with Gasteiger partial charge >= 0.3 is 0 Å². The van der Waals surface area contributed by atoms with Crippen LogP contribution >= 0.6 is 11.6 Å². The Balaban J connectivity index is 2.01. The fraction of sp³-hybridized carbons (Fsp3) is 0. The number of hydrazine groups is 1. The molecule has 1 heterocycles. The molecule has 0 amide bonds. The SMILES string of the molecule is Nc1c(Cl)cccc1N(Nc1ccc(S(=O)(=O)O)cc1)c1ncncn1. The Morgan fingerprint density at radius 2 is 1.73 bits per heavy atom. The average Bonchev–Trinajstić information content (AvgIpc) is 2.63. The molecule has 134 valence electrons. The molecule has 0 saturated heterocycles. The van der Waals surface area contributed by atoms with Gasteiger partial charge in [-0.2, -0.15) is 18.4 Å². The van der Waals surface area contributed by atoms with Crippen LogP contribution in [0.15, 0.2) is 60.0 Å². The highest BCUT2D eigenvalue weighted by Crippen LogP contribution is 2.33. The van der Waals surface area contributed by atoms with E-state index in [2.05, 4.69) is 20.4 Å². The first-order valence-corrected chi connectivity index (χ1v) is 8.98. The van der Waals surface area contributed by atoms with Gasteiger partial charge in [-0.1, -0.05) is 17.7 Å². The van der Waals surface area contributed by atoms with Crippen molar-refractivity contribution in [3.63, 3.8) is 0 Å². The summed E-state index contributed by atoms with van der Waals surface area (Å²) in [5.74, 6) is 0.243. The lowest BCUT2D eigenvalue weighted by Crippen LogP contribution is -2.27. The van der Waals surface area contributed by atoms with Crippen molar-refractivity contribution in [1.82, 2.24) is 15.0 Å². The predicted octanol–water partition coefficient (Wildman–Crippen LogP) is 2.52. The van der Waals surface area contributed by atoms with Crippen LogP contribution in [-0.2, 0) is 10.1 Å². The second-order valence-electron chi connectivity index (χ2n) is 5.06. The number of nitrogens with one attached hydrogen (secondary N) is 1. The van der Waals surface area contributed by atoms with Gasteiger partial charge in [0.15, 0.2) is 0 Å². The second kappa shape index (κ2) is 7.12. The normalized spacial score (nSPS) is 11.2. The maximum atomic E-state index is 11.2. The van der Waals surface area contributed by atoms with Crippen molar-refractivity contribution in [2.24, 2.45) is 0 Å². The molecule has 0 aliphatic rings. The van der Waals surface area contributed by atoms with Crippen LogP contribution in [0, 0.1) is 0 Å². The van der Waals surface area contributed by atoms with Gasteiger partial charge in [-0.25, -0.2) is 9.99 Å². The highest BCUT2D eigenvalue weighted by molar-refractivity contribution is 7.85. The minimum atomic E-state index is -4.28. The molecule has 3 rings (SSSR count). The Morgan fingerprint density at radius 1 is 1.08 bits per heavy atom. The van der Waals surface area contributed by atoms with Gasteiger partial charge in [-0.3, -0.25) is 9.98 Å². The number of hydrogen-bond donors (Lipinski definition) is 3. The Hall–Kier alpha value is -2.95. The first-order valence-electron chi connectivity index (χ1n) is 7.16. The van der Waals surface area contributed by atoms with Gasteiger partial charge in [-0.05, 0) is 36.4 Å². The van der Waals surface area contributed by atoms with Crippen LogP contribution in [0.25, 0.3) is 0 Å². The summed E-state index contributed by atoms with van der Waals surface area (Å²) < 4.78 is 31.4. The number of para-hydroxylation sites is 1. The van der Waals surface area contributed by atoms with E-state index in [1.54, 1.807) is 18.2 Å². The first-order chi connectivity index (χ1) is 12.4. The second-order valence-corrected chi connectivity index (χ2v) is 6.89.